The van der Waals surface area contributed by atoms with Crippen LogP contribution in [-0.4, -0.2) is 68.4 Å². The maximum atomic E-state index is 10.9. The molecule has 0 aromatic heterocycles. The average Bonchev–Trinajstić information content (AvgIpc) is 2.90. The average molecular weight is 690 g/mol. The molecular weight excluding hydrogens is 631 g/mol. The zero-order valence-corrected chi connectivity index (χ0v) is 29.5. The molecule has 0 unspecified atom stereocenters. The summed E-state index contributed by atoms with van der Waals surface area (Å²) in [5.74, 6) is -2.05. The molecule has 0 saturated heterocycles. The minimum atomic E-state index is -1.14. The topological polar surface area (TPSA) is 127 Å². The third kappa shape index (κ3) is 48.2. The Morgan fingerprint density at radius 1 is 0.585 bits per heavy atom. The molecular formula is C32H58O8Sn. The van der Waals surface area contributed by atoms with Crippen molar-refractivity contribution in [2.24, 2.45) is 11.8 Å². The van der Waals surface area contributed by atoms with Gasteiger partial charge in [-0.3, -0.25) is 0 Å². The van der Waals surface area contributed by atoms with E-state index < -0.39 is 23.9 Å². The number of carbonyl (C=O) groups is 4. The molecule has 41 heavy (non-hydrogen) atoms. The van der Waals surface area contributed by atoms with E-state index in [9.17, 15) is 19.2 Å². The van der Waals surface area contributed by atoms with Gasteiger partial charge in [0.15, 0.2) is 0 Å². The number of hydrogen-bond donors (Lipinski definition) is 2. The molecule has 0 saturated carbocycles. The second kappa shape index (κ2) is 34.4. The molecule has 0 fully saturated rings. The predicted molar refractivity (Wildman–Crippen MR) is 167 cm³/mol. The van der Waals surface area contributed by atoms with Crippen LogP contribution in [0.3, 0.4) is 0 Å². The van der Waals surface area contributed by atoms with Crippen LogP contribution in [0.1, 0.15) is 119 Å². The Morgan fingerprint density at radius 2 is 0.951 bits per heavy atom. The maximum absolute atomic E-state index is 10.9. The summed E-state index contributed by atoms with van der Waals surface area (Å²) in [5.41, 5.74) is 0. The molecule has 0 atom stereocenters. The van der Waals surface area contributed by atoms with Crippen LogP contribution >= 0.6 is 0 Å². The normalized spacial score (nSPS) is 10.7. The Labute approximate surface area is 259 Å². The van der Waals surface area contributed by atoms with Gasteiger partial charge in [-0.25, -0.2) is 19.2 Å². The fourth-order valence-corrected chi connectivity index (χ4v) is 7.27. The molecule has 2 radical (unpaired) electrons. The molecule has 9 heteroatoms. The molecule has 0 spiro atoms. The van der Waals surface area contributed by atoms with Crippen LogP contribution in [0.4, 0.5) is 0 Å². The first kappa shape index (κ1) is 43.6. The Hall–Kier alpha value is -1.84. The van der Waals surface area contributed by atoms with Gasteiger partial charge >= 0.3 is 93.4 Å². The van der Waals surface area contributed by atoms with Crippen LogP contribution in [0, 0.1) is 11.8 Å². The Balaban J connectivity index is -0.000000551. The van der Waals surface area contributed by atoms with E-state index in [4.69, 9.17) is 19.7 Å². The number of ether oxygens (including phenoxy) is 2. The number of unbranched alkanes of at least 4 members (excludes halogenated alkanes) is 6. The Kier molecular flexibility index (Phi) is 36.5. The second-order valence-corrected chi connectivity index (χ2v) is 14.9. The number of hydrogen-bond acceptors (Lipinski definition) is 6. The zero-order chi connectivity index (χ0) is 31.7. The Bertz CT molecular complexity index is 644. The van der Waals surface area contributed by atoms with Gasteiger partial charge in [0.25, 0.3) is 0 Å². The number of esters is 2. The van der Waals surface area contributed by atoms with Crippen LogP contribution in [0.5, 0.6) is 0 Å². The Morgan fingerprint density at radius 3 is 1.24 bits per heavy atom. The van der Waals surface area contributed by atoms with Crippen molar-refractivity contribution in [2.45, 2.75) is 127 Å². The van der Waals surface area contributed by atoms with Crippen LogP contribution in [0.25, 0.3) is 0 Å². The van der Waals surface area contributed by atoms with Crippen LogP contribution < -0.4 is 0 Å². The van der Waals surface area contributed by atoms with E-state index >= 15 is 0 Å². The molecule has 0 amide bonds. The van der Waals surface area contributed by atoms with E-state index in [0.29, 0.717) is 25.0 Å². The third-order valence-electron chi connectivity index (χ3n) is 5.48. The second-order valence-electron chi connectivity index (χ2n) is 10.6. The van der Waals surface area contributed by atoms with E-state index in [-0.39, 0.29) is 21.1 Å². The van der Waals surface area contributed by atoms with Gasteiger partial charge in [-0.05, 0) is 24.7 Å². The van der Waals surface area contributed by atoms with E-state index in [1.54, 1.807) is 8.87 Å². The molecule has 0 heterocycles. The summed E-state index contributed by atoms with van der Waals surface area (Å²) in [6.07, 6.45) is 17.6. The van der Waals surface area contributed by atoms with Crippen molar-refractivity contribution in [3.63, 3.8) is 0 Å². The number of carboxylic acids is 2. The number of aliphatic carboxylic acids is 2. The van der Waals surface area contributed by atoms with Gasteiger partial charge in [0, 0.05) is 24.3 Å². The van der Waals surface area contributed by atoms with Crippen molar-refractivity contribution < 1.29 is 38.9 Å². The molecule has 0 aliphatic rings. The van der Waals surface area contributed by atoms with Crippen LogP contribution in [-0.2, 0) is 28.7 Å². The summed E-state index contributed by atoms with van der Waals surface area (Å²) in [4.78, 5) is 42.0. The van der Waals surface area contributed by atoms with E-state index in [0.717, 1.165) is 62.8 Å². The van der Waals surface area contributed by atoms with Gasteiger partial charge in [0.05, 0.1) is 13.2 Å². The number of rotatable bonds is 22. The van der Waals surface area contributed by atoms with Gasteiger partial charge in [-0.15, -0.1) is 0 Å². The van der Waals surface area contributed by atoms with Gasteiger partial charge in [-0.1, -0.05) is 66.2 Å². The van der Waals surface area contributed by atoms with Crippen molar-refractivity contribution in [1.29, 1.82) is 0 Å². The fourth-order valence-electron chi connectivity index (χ4n) is 3.11. The quantitative estimate of drug-likeness (QED) is 0.0509. The summed E-state index contributed by atoms with van der Waals surface area (Å²) in [6.45, 7) is 14.0. The predicted octanol–water partition coefficient (Wildman–Crippen LogP) is 7.90. The summed E-state index contributed by atoms with van der Waals surface area (Å²) in [7, 11) is 0. The first-order chi connectivity index (χ1) is 19.5. The fraction of sp³-hybridized carbons (Fsp3) is 0.750. The molecule has 2 N–H and O–H groups in total. The monoisotopic (exact) mass is 690 g/mol. The summed E-state index contributed by atoms with van der Waals surface area (Å²) < 4.78 is 12.9. The van der Waals surface area contributed by atoms with Crippen molar-refractivity contribution in [2.75, 3.05) is 13.2 Å². The molecule has 238 valence electrons. The van der Waals surface area contributed by atoms with E-state index in [1.165, 1.54) is 38.5 Å². The third-order valence-corrected chi connectivity index (χ3v) is 9.51. The van der Waals surface area contributed by atoms with Crippen molar-refractivity contribution in [3.8, 4) is 0 Å². The molecule has 0 aromatic rings. The van der Waals surface area contributed by atoms with Gasteiger partial charge in [0.2, 0.25) is 0 Å². The molecule has 0 aromatic carbocycles. The van der Waals surface area contributed by atoms with Crippen molar-refractivity contribution in [1.82, 2.24) is 0 Å². The zero-order valence-electron chi connectivity index (χ0n) is 26.6. The minimum absolute atomic E-state index is 0.149. The van der Waals surface area contributed by atoms with E-state index in [2.05, 4.69) is 41.5 Å². The molecule has 0 rings (SSSR count). The van der Waals surface area contributed by atoms with Crippen molar-refractivity contribution >= 4 is 45.0 Å². The first-order valence-electron chi connectivity index (χ1n) is 15.3. The summed E-state index contributed by atoms with van der Waals surface area (Å²) in [6, 6.07) is 0. The number of carbonyl (C=O) groups excluding carboxylic acids is 2. The molecule has 0 bridgehead atoms. The van der Waals surface area contributed by atoms with E-state index in [1.807, 2.05) is 0 Å². The standard InChI is InChI=1S/2C12H20O4.2C4H9.Sn/c2*1-10(2)6-4-3-5-9-16-12(15)8-7-11(13)14;2*1-3-4-2;/h2*7-8,10H,3-6,9H2,1-2H3,(H,13,14);2*1,3-4H2,2H3;/b2*8-7-;;;. The first-order valence-corrected chi connectivity index (χ1v) is 19.4. The molecule has 0 aliphatic carbocycles. The van der Waals surface area contributed by atoms with Crippen molar-refractivity contribution in [3.05, 3.63) is 24.3 Å². The molecule has 0 aliphatic heterocycles. The van der Waals surface area contributed by atoms with Crippen LogP contribution in [0.2, 0.25) is 8.87 Å². The SMILES string of the molecule is CC(C)CCCCCOC(=O)/C=C\C(=O)O.CC(C)CCCCCOC(=O)/C=C\C(=O)O.CCC[CH2][Sn][CH2]CCC. The molecule has 8 nitrogen and oxygen atoms in total. The summed E-state index contributed by atoms with van der Waals surface area (Å²) in [5, 5.41) is 16.5. The van der Waals surface area contributed by atoms with Gasteiger partial charge in [-0.2, -0.15) is 0 Å². The van der Waals surface area contributed by atoms with Gasteiger partial charge in [0.1, 0.15) is 0 Å². The van der Waals surface area contributed by atoms with Crippen LogP contribution in [0.15, 0.2) is 24.3 Å². The number of carboxylic acid groups (broad SMARTS) is 2. The summed E-state index contributed by atoms with van der Waals surface area (Å²) >= 11 is 0.149. The van der Waals surface area contributed by atoms with Gasteiger partial charge < -0.3 is 19.7 Å².